The van der Waals surface area contributed by atoms with Gasteiger partial charge in [0.2, 0.25) is 10.0 Å². The first kappa shape index (κ1) is 10.9. The van der Waals surface area contributed by atoms with Gasteiger partial charge in [-0.25, -0.2) is 13.1 Å². The average molecular weight is 209 g/mol. The largest absolute Gasteiger partial charge is 0.379 e. The quantitative estimate of drug-likeness (QED) is 0.653. The van der Waals surface area contributed by atoms with Gasteiger partial charge < -0.3 is 9.47 Å². The summed E-state index contributed by atoms with van der Waals surface area (Å²) < 4.78 is 34.5. The summed E-state index contributed by atoms with van der Waals surface area (Å²) in [5, 5.41) is 0. The molecule has 78 valence electrons. The minimum absolute atomic E-state index is 0.0139. The second-order valence-electron chi connectivity index (χ2n) is 2.88. The van der Waals surface area contributed by atoms with Gasteiger partial charge in [0.05, 0.1) is 25.1 Å². The molecule has 0 aliphatic carbocycles. The minimum Gasteiger partial charge on any atom is -0.379 e. The number of hydrogen-bond acceptors (Lipinski definition) is 4. The Labute approximate surface area is 78.5 Å². The fourth-order valence-electron chi connectivity index (χ4n) is 1.07. The van der Waals surface area contributed by atoms with E-state index in [-0.39, 0.29) is 18.5 Å². The van der Waals surface area contributed by atoms with Crippen LogP contribution in [0.1, 0.15) is 6.42 Å². The van der Waals surface area contributed by atoms with Crippen LogP contribution in [0.25, 0.3) is 0 Å². The van der Waals surface area contributed by atoms with Crippen molar-refractivity contribution in [2.24, 2.45) is 0 Å². The van der Waals surface area contributed by atoms with Gasteiger partial charge in [0.25, 0.3) is 0 Å². The maximum Gasteiger partial charge on any atom is 0.213 e. The summed E-state index contributed by atoms with van der Waals surface area (Å²) >= 11 is 0. The molecule has 1 unspecified atom stereocenters. The van der Waals surface area contributed by atoms with Crippen molar-refractivity contribution in [1.82, 2.24) is 4.72 Å². The van der Waals surface area contributed by atoms with Crippen molar-refractivity contribution < 1.29 is 17.9 Å². The average Bonchev–Trinajstić information content (AvgIpc) is 2.57. The third-order valence-electron chi connectivity index (χ3n) is 1.90. The first-order valence-corrected chi connectivity index (χ1v) is 5.90. The molecule has 1 rings (SSSR count). The number of nitrogens with one attached hydrogen (secondary N) is 1. The Kier molecular flexibility index (Phi) is 4.11. The van der Waals surface area contributed by atoms with Gasteiger partial charge in [-0.3, -0.25) is 0 Å². The Morgan fingerprint density at radius 3 is 2.92 bits per heavy atom. The van der Waals surface area contributed by atoms with E-state index in [4.69, 9.17) is 9.47 Å². The summed E-state index contributed by atoms with van der Waals surface area (Å²) in [6.07, 6.45) is 0.937. The standard InChI is InChI=1S/C7H15NO4S/c1-8-13(9,10)5-4-12-7-2-3-11-6-7/h7-8H,2-6H2,1H3. The molecule has 0 amide bonds. The van der Waals surface area contributed by atoms with Gasteiger partial charge in [-0.2, -0.15) is 0 Å². The summed E-state index contributed by atoms with van der Waals surface area (Å²) in [7, 11) is -1.73. The van der Waals surface area contributed by atoms with Crippen LogP contribution in [-0.4, -0.2) is 47.1 Å². The second kappa shape index (κ2) is 4.90. The van der Waals surface area contributed by atoms with E-state index in [1.54, 1.807) is 0 Å². The molecule has 1 heterocycles. The zero-order chi connectivity index (χ0) is 9.73. The van der Waals surface area contributed by atoms with Gasteiger partial charge in [0.1, 0.15) is 0 Å². The van der Waals surface area contributed by atoms with Crippen LogP contribution < -0.4 is 4.72 Å². The SMILES string of the molecule is CNS(=O)(=O)CCOC1CCOC1. The maximum atomic E-state index is 11.0. The molecular formula is C7H15NO4S. The van der Waals surface area contributed by atoms with Crippen LogP contribution in [0.15, 0.2) is 0 Å². The third-order valence-corrected chi connectivity index (χ3v) is 3.23. The van der Waals surface area contributed by atoms with Crippen molar-refractivity contribution in [2.75, 3.05) is 32.6 Å². The van der Waals surface area contributed by atoms with Crippen molar-refractivity contribution in [3.05, 3.63) is 0 Å². The summed E-state index contributed by atoms with van der Waals surface area (Å²) in [6, 6.07) is 0. The van der Waals surface area contributed by atoms with Crippen LogP contribution in [0.5, 0.6) is 0 Å². The molecule has 0 aromatic rings. The van der Waals surface area contributed by atoms with Crippen LogP contribution in [0.2, 0.25) is 0 Å². The fourth-order valence-corrected chi connectivity index (χ4v) is 1.59. The van der Waals surface area contributed by atoms with E-state index in [1.807, 2.05) is 0 Å². The van der Waals surface area contributed by atoms with E-state index in [1.165, 1.54) is 7.05 Å². The highest BCUT2D eigenvalue weighted by molar-refractivity contribution is 7.89. The lowest BCUT2D eigenvalue weighted by atomic mass is 10.3. The molecule has 6 heteroatoms. The van der Waals surface area contributed by atoms with E-state index in [0.29, 0.717) is 13.2 Å². The van der Waals surface area contributed by atoms with Crippen LogP contribution in [0, 0.1) is 0 Å². The Balaban J connectivity index is 2.13. The first-order chi connectivity index (χ1) is 6.14. The monoisotopic (exact) mass is 209 g/mol. The highest BCUT2D eigenvalue weighted by Gasteiger charge is 2.16. The van der Waals surface area contributed by atoms with E-state index in [9.17, 15) is 8.42 Å². The molecule has 1 aliphatic rings. The number of sulfonamides is 1. The molecule has 0 radical (unpaired) electrons. The summed E-state index contributed by atoms with van der Waals surface area (Å²) in [4.78, 5) is 0. The van der Waals surface area contributed by atoms with Crippen LogP contribution in [-0.2, 0) is 19.5 Å². The lowest BCUT2D eigenvalue weighted by Crippen LogP contribution is -2.26. The molecule has 0 spiro atoms. The molecule has 5 nitrogen and oxygen atoms in total. The van der Waals surface area contributed by atoms with Crippen LogP contribution in [0.3, 0.4) is 0 Å². The molecule has 1 fully saturated rings. The predicted octanol–water partition coefficient (Wildman–Crippen LogP) is -0.659. The third kappa shape index (κ3) is 4.04. The zero-order valence-corrected chi connectivity index (χ0v) is 8.47. The fraction of sp³-hybridized carbons (Fsp3) is 1.00. The molecule has 1 saturated heterocycles. The highest BCUT2D eigenvalue weighted by atomic mass is 32.2. The van der Waals surface area contributed by atoms with Crippen molar-refractivity contribution in [3.63, 3.8) is 0 Å². The van der Waals surface area contributed by atoms with Gasteiger partial charge >= 0.3 is 0 Å². The van der Waals surface area contributed by atoms with E-state index in [0.717, 1.165) is 6.42 Å². The predicted molar refractivity (Wildman–Crippen MR) is 48.0 cm³/mol. The Hall–Kier alpha value is -0.170. The van der Waals surface area contributed by atoms with E-state index >= 15 is 0 Å². The topological polar surface area (TPSA) is 64.6 Å². The molecule has 0 aromatic carbocycles. The minimum atomic E-state index is -3.13. The van der Waals surface area contributed by atoms with Gasteiger partial charge in [0, 0.05) is 6.61 Å². The Morgan fingerprint density at radius 1 is 1.62 bits per heavy atom. The van der Waals surface area contributed by atoms with Gasteiger partial charge in [-0.05, 0) is 13.5 Å². The number of rotatable bonds is 5. The number of hydrogen-bond donors (Lipinski definition) is 1. The van der Waals surface area contributed by atoms with Gasteiger partial charge in [-0.15, -0.1) is 0 Å². The molecule has 0 bridgehead atoms. The zero-order valence-electron chi connectivity index (χ0n) is 7.65. The Bertz CT molecular complexity index is 233. The van der Waals surface area contributed by atoms with Crippen molar-refractivity contribution in [1.29, 1.82) is 0 Å². The summed E-state index contributed by atoms with van der Waals surface area (Å²) in [6.45, 7) is 1.53. The number of ether oxygens (including phenoxy) is 2. The molecule has 0 saturated carbocycles. The lowest BCUT2D eigenvalue weighted by molar-refractivity contribution is 0.0519. The van der Waals surface area contributed by atoms with E-state index in [2.05, 4.69) is 4.72 Å². The van der Waals surface area contributed by atoms with Crippen molar-refractivity contribution in [3.8, 4) is 0 Å². The highest BCUT2D eigenvalue weighted by Crippen LogP contribution is 2.07. The van der Waals surface area contributed by atoms with Gasteiger partial charge in [-0.1, -0.05) is 0 Å². The molecule has 1 N–H and O–H groups in total. The molecule has 0 aromatic heterocycles. The van der Waals surface area contributed by atoms with Crippen LogP contribution in [0.4, 0.5) is 0 Å². The van der Waals surface area contributed by atoms with Gasteiger partial charge in [0.15, 0.2) is 0 Å². The van der Waals surface area contributed by atoms with Crippen molar-refractivity contribution in [2.45, 2.75) is 12.5 Å². The second-order valence-corrected chi connectivity index (χ2v) is 4.93. The molecule has 1 aliphatic heterocycles. The van der Waals surface area contributed by atoms with Crippen LogP contribution >= 0.6 is 0 Å². The summed E-state index contributed by atoms with van der Waals surface area (Å²) in [5.41, 5.74) is 0. The lowest BCUT2D eigenvalue weighted by Gasteiger charge is -2.09. The molecule has 13 heavy (non-hydrogen) atoms. The van der Waals surface area contributed by atoms with Crippen molar-refractivity contribution >= 4 is 10.0 Å². The summed E-state index contributed by atoms with van der Waals surface area (Å²) in [5.74, 6) is 0.0139. The first-order valence-electron chi connectivity index (χ1n) is 4.24. The van der Waals surface area contributed by atoms with E-state index < -0.39 is 10.0 Å². The molecule has 1 atom stereocenters. The normalized spacial score (nSPS) is 23.6. The maximum absolute atomic E-state index is 11.0. The smallest absolute Gasteiger partial charge is 0.213 e. The Morgan fingerprint density at radius 2 is 2.38 bits per heavy atom. The molecular weight excluding hydrogens is 194 g/mol.